The maximum Gasteiger partial charge on any atom is 0.306 e. The second kappa shape index (κ2) is 11.3. The van der Waals surface area contributed by atoms with E-state index >= 15 is 0 Å². The molecule has 0 aromatic heterocycles. The van der Waals surface area contributed by atoms with Crippen molar-refractivity contribution in [3.05, 3.63) is 18.6 Å². The fraction of sp³-hybridized carbons (Fsp3) is 0.800. The number of carbonyl (C=O) groups is 3. The Kier molecular flexibility index (Phi) is 9.05. The van der Waals surface area contributed by atoms with Crippen LogP contribution in [0.15, 0.2) is 11.6 Å². The zero-order valence-corrected chi connectivity index (χ0v) is 22.5. The van der Waals surface area contributed by atoms with E-state index in [1.807, 2.05) is 6.08 Å². The number of hydrogen-bond acceptors (Lipinski definition) is 5. The average molecular weight is 488 g/mol. The van der Waals surface area contributed by atoms with Gasteiger partial charge in [-0.15, -0.1) is 0 Å². The van der Waals surface area contributed by atoms with Gasteiger partial charge in [-0.1, -0.05) is 46.1 Å². The van der Waals surface area contributed by atoms with Crippen molar-refractivity contribution in [1.82, 2.24) is 0 Å². The molecule has 197 valence electrons. The van der Waals surface area contributed by atoms with Crippen molar-refractivity contribution in [3.63, 3.8) is 0 Å². The van der Waals surface area contributed by atoms with Crippen LogP contribution in [0.4, 0.5) is 0 Å². The molecule has 0 saturated heterocycles. The van der Waals surface area contributed by atoms with Gasteiger partial charge in [0.2, 0.25) is 0 Å². The fourth-order valence-electron chi connectivity index (χ4n) is 8.14. The molecule has 5 nitrogen and oxygen atoms in total. The van der Waals surface area contributed by atoms with Crippen molar-refractivity contribution in [3.8, 4) is 0 Å². The fourth-order valence-corrected chi connectivity index (χ4v) is 8.14. The number of allylic oxidation sites excluding steroid dienone is 1. The number of ketones is 2. The quantitative estimate of drug-likeness (QED) is 0.343. The lowest BCUT2D eigenvalue weighted by Gasteiger charge is -2.59. The Labute approximate surface area is 212 Å². The summed E-state index contributed by atoms with van der Waals surface area (Å²) in [4.78, 5) is 37.8. The summed E-state index contributed by atoms with van der Waals surface area (Å²) in [6.07, 6.45) is 13.2. The Hall–Kier alpha value is -1.49. The third-order valence-electron chi connectivity index (χ3n) is 10.1. The minimum atomic E-state index is -0.953. The molecule has 1 radical (unpaired) electrons. The van der Waals surface area contributed by atoms with Gasteiger partial charge in [-0.2, -0.15) is 0 Å². The summed E-state index contributed by atoms with van der Waals surface area (Å²) in [5, 5.41) is 7.81. The van der Waals surface area contributed by atoms with Crippen LogP contribution in [0.1, 0.15) is 111 Å². The predicted molar refractivity (Wildman–Crippen MR) is 137 cm³/mol. The van der Waals surface area contributed by atoms with Gasteiger partial charge in [0.25, 0.3) is 0 Å². The molecule has 0 aromatic rings. The van der Waals surface area contributed by atoms with Crippen LogP contribution in [0.2, 0.25) is 0 Å². The molecule has 1 N–H and O–H groups in total. The lowest BCUT2D eigenvalue weighted by Crippen LogP contribution is -2.58. The van der Waals surface area contributed by atoms with Gasteiger partial charge in [-0.05, 0) is 94.0 Å². The summed E-state index contributed by atoms with van der Waals surface area (Å²) in [5.74, 6) is 1.66. The predicted octanol–water partition coefficient (Wildman–Crippen LogP) is 6.17. The Morgan fingerprint density at radius 3 is 2.40 bits per heavy atom. The molecular formula is C30H47O5. The van der Waals surface area contributed by atoms with Crippen LogP contribution in [-0.2, 0) is 19.1 Å². The van der Waals surface area contributed by atoms with Gasteiger partial charge in [0.1, 0.15) is 0 Å². The zero-order valence-electron chi connectivity index (χ0n) is 22.5. The lowest BCUT2D eigenvalue weighted by atomic mass is 9.46. The van der Waals surface area contributed by atoms with Crippen molar-refractivity contribution in [1.29, 1.82) is 0 Å². The monoisotopic (exact) mass is 487 g/mol. The largest absolute Gasteiger partial charge is 0.450 e. The molecule has 0 aromatic carbocycles. The first-order chi connectivity index (χ1) is 16.6. The van der Waals surface area contributed by atoms with Gasteiger partial charge < -0.3 is 9.84 Å². The second-order valence-corrected chi connectivity index (χ2v) is 11.9. The number of rotatable bonds is 7. The standard InChI is InChI=1S/C27H40O4.C3H7O/c1-5-6-7-8-24(30)31-27(18(2)28)16-13-23-21-10-9-19-17-20(29)11-14-25(19,3)22(21)12-15-26(23,27)4;1-2-3-4/h17,21-23H,5-16H2,1-4H3;4H,1-3H2/t21-,22+,23+,25+,26+,27+;/m1./s1. The van der Waals surface area contributed by atoms with E-state index in [0.717, 1.165) is 57.8 Å². The number of fused-ring (bicyclic) bond motifs is 5. The maximum absolute atomic E-state index is 13.1. The van der Waals surface area contributed by atoms with Crippen molar-refractivity contribution < 1.29 is 24.2 Å². The van der Waals surface area contributed by atoms with Crippen LogP contribution < -0.4 is 0 Å². The molecule has 0 bridgehead atoms. The third-order valence-corrected chi connectivity index (χ3v) is 10.1. The van der Waals surface area contributed by atoms with E-state index in [1.165, 1.54) is 5.57 Å². The molecule has 3 fully saturated rings. The molecule has 3 saturated carbocycles. The van der Waals surface area contributed by atoms with Gasteiger partial charge in [-0.25, -0.2) is 0 Å². The van der Waals surface area contributed by atoms with Crippen molar-refractivity contribution in [2.24, 2.45) is 28.6 Å². The highest BCUT2D eigenvalue weighted by atomic mass is 16.6. The van der Waals surface area contributed by atoms with E-state index in [1.54, 1.807) is 6.92 Å². The first kappa shape index (κ1) is 28.1. The van der Waals surface area contributed by atoms with Gasteiger partial charge in [0, 0.05) is 24.9 Å². The molecule has 4 aliphatic rings. The van der Waals surface area contributed by atoms with Gasteiger partial charge in [-0.3, -0.25) is 14.4 Å². The molecule has 0 spiro atoms. The average Bonchev–Trinajstić information content (AvgIpc) is 3.13. The lowest BCUT2D eigenvalue weighted by molar-refractivity contribution is -0.189. The van der Waals surface area contributed by atoms with Gasteiger partial charge in [0.05, 0.1) is 0 Å². The normalized spacial score (nSPS) is 37.7. The van der Waals surface area contributed by atoms with E-state index in [-0.39, 0.29) is 35.0 Å². The number of Topliss-reactive ketones (excluding diaryl/α,β-unsaturated/α-hetero) is 1. The number of aliphatic hydroxyl groups excluding tert-OH is 1. The van der Waals surface area contributed by atoms with E-state index in [4.69, 9.17) is 9.84 Å². The van der Waals surface area contributed by atoms with Crippen LogP contribution in [0.3, 0.4) is 0 Å². The highest BCUT2D eigenvalue weighted by Crippen LogP contribution is 2.68. The number of aliphatic hydroxyl groups is 1. The molecule has 6 atom stereocenters. The van der Waals surface area contributed by atoms with Crippen molar-refractivity contribution in [2.45, 2.75) is 117 Å². The molecule has 35 heavy (non-hydrogen) atoms. The summed E-state index contributed by atoms with van der Waals surface area (Å²) in [7, 11) is 0. The van der Waals surface area contributed by atoms with E-state index in [2.05, 4.69) is 27.7 Å². The zero-order chi connectivity index (χ0) is 25.9. The van der Waals surface area contributed by atoms with Crippen LogP contribution in [0.25, 0.3) is 0 Å². The molecule has 4 aliphatic carbocycles. The number of unbranched alkanes of at least 4 members (excludes halogenated alkanes) is 2. The maximum atomic E-state index is 13.1. The van der Waals surface area contributed by atoms with Crippen LogP contribution in [0.5, 0.6) is 0 Å². The topological polar surface area (TPSA) is 80.7 Å². The minimum Gasteiger partial charge on any atom is -0.450 e. The number of hydrogen-bond donors (Lipinski definition) is 1. The van der Waals surface area contributed by atoms with Crippen molar-refractivity contribution >= 4 is 17.5 Å². The second-order valence-electron chi connectivity index (χ2n) is 11.9. The molecule has 5 heteroatoms. The molecule has 0 unspecified atom stereocenters. The SMILES string of the molecule is CCCCCC(=O)O[C@]1(C(C)=O)CC[C@H]2[C@@H]3CCC4=CC(=O)CC[C@]4(C)[C@H]3CC[C@@]21C.[CH2]CCO. The summed E-state index contributed by atoms with van der Waals surface area (Å²) >= 11 is 0. The first-order valence-electron chi connectivity index (χ1n) is 14.0. The number of ether oxygens (including phenoxy) is 1. The number of esters is 1. The highest BCUT2D eigenvalue weighted by molar-refractivity contribution is 5.91. The molecular weight excluding hydrogens is 440 g/mol. The van der Waals surface area contributed by atoms with Gasteiger partial charge in [0.15, 0.2) is 17.2 Å². The Balaban J connectivity index is 0.000000795. The van der Waals surface area contributed by atoms with E-state index in [9.17, 15) is 14.4 Å². The summed E-state index contributed by atoms with van der Waals surface area (Å²) in [6, 6.07) is 0. The number of carbonyl (C=O) groups excluding carboxylic acids is 3. The van der Waals surface area contributed by atoms with E-state index < -0.39 is 5.60 Å². The van der Waals surface area contributed by atoms with E-state index in [0.29, 0.717) is 43.4 Å². The first-order valence-corrected chi connectivity index (χ1v) is 14.0. The Morgan fingerprint density at radius 2 is 1.77 bits per heavy atom. The van der Waals surface area contributed by atoms with Crippen molar-refractivity contribution in [2.75, 3.05) is 6.61 Å². The Morgan fingerprint density at radius 1 is 1.09 bits per heavy atom. The van der Waals surface area contributed by atoms with Crippen LogP contribution >= 0.6 is 0 Å². The third kappa shape index (κ3) is 5.04. The minimum absolute atomic E-state index is 0.0330. The molecule has 0 amide bonds. The Bertz CT molecular complexity index is 829. The highest BCUT2D eigenvalue weighted by Gasteiger charge is 2.67. The summed E-state index contributed by atoms with van der Waals surface area (Å²) < 4.78 is 6.16. The summed E-state index contributed by atoms with van der Waals surface area (Å²) in [5.41, 5.74) is 0.261. The van der Waals surface area contributed by atoms with Gasteiger partial charge >= 0.3 is 5.97 Å². The molecule has 0 aliphatic heterocycles. The van der Waals surface area contributed by atoms with Crippen LogP contribution in [0, 0.1) is 35.5 Å². The van der Waals surface area contributed by atoms with Crippen LogP contribution in [-0.4, -0.2) is 34.9 Å². The smallest absolute Gasteiger partial charge is 0.306 e. The molecule has 0 heterocycles. The molecule has 4 rings (SSSR count). The summed E-state index contributed by atoms with van der Waals surface area (Å²) in [6.45, 7) is 11.9.